The molecule has 0 bridgehead atoms. The van der Waals surface area contributed by atoms with Gasteiger partial charge in [0.25, 0.3) is 9.76 Å². The molecule has 3 heteroatoms. The minimum Gasteiger partial charge on any atom is -0.463 e. The van der Waals surface area contributed by atoms with E-state index in [2.05, 4.69) is 25.6 Å². The second-order valence-electron chi connectivity index (χ2n) is 1.78. The van der Waals surface area contributed by atoms with Crippen LogP contribution in [0.3, 0.4) is 0 Å². The summed E-state index contributed by atoms with van der Waals surface area (Å²) >= 11 is 0. The van der Waals surface area contributed by atoms with Gasteiger partial charge in [0.15, 0.2) is 0 Å². The van der Waals surface area contributed by atoms with Gasteiger partial charge in [0.2, 0.25) is 0 Å². The standard InChI is InChI=1S/C6H15NOSi/c1-4-6(5-2)7-8-9-3/h4-5,9H2,1-3H3. The molecule has 0 aromatic heterocycles. The highest BCUT2D eigenvalue weighted by Gasteiger charge is 1.89. The van der Waals surface area contributed by atoms with Gasteiger partial charge in [-0.05, 0) is 19.4 Å². The van der Waals surface area contributed by atoms with Crippen molar-refractivity contribution in [1.29, 1.82) is 0 Å². The summed E-state index contributed by atoms with van der Waals surface area (Å²) in [7, 11) is -0.335. The molecule has 0 saturated carbocycles. The zero-order valence-corrected chi connectivity index (χ0v) is 7.89. The molecule has 0 N–H and O–H groups in total. The lowest BCUT2D eigenvalue weighted by atomic mass is 10.2. The van der Waals surface area contributed by atoms with Crippen LogP contribution in [0.4, 0.5) is 0 Å². The van der Waals surface area contributed by atoms with Crippen LogP contribution < -0.4 is 0 Å². The Morgan fingerprint density at radius 1 is 1.44 bits per heavy atom. The molecule has 2 nitrogen and oxygen atoms in total. The maximum Gasteiger partial charge on any atom is 0.254 e. The summed E-state index contributed by atoms with van der Waals surface area (Å²) in [5, 5.41) is 3.96. The van der Waals surface area contributed by atoms with E-state index in [0.29, 0.717) is 0 Å². The third-order valence-electron chi connectivity index (χ3n) is 1.14. The maximum atomic E-state index is 5.00. The molecule has 0 aliphatic rings. The van der Waals surface area contributed by atoms with Gasteiger partial charge in [-0.2, -0.15) is 0 Å². The summed E-state index contributed by atoms with van der Waals surface area (Å²) in [6, 6.07) is 0. The fourth-order valence-corrected chi connectivity index (χ4v) is 0.847. The molecular formula is C6H15NOSi. The lowest BCUT2D eigenvalue weighted by molar-refractivity contribution is 0.363. The average Bonchev–Trinajstić information content (AvgIpc) is 1.91. The first-order valence-corrected chi connectivity index (χ1v) is 5.51. The van der Waals surface area contributed by atoms with Crippen LogP contribution in [0, 0.1) is 0 Å². The van der Waals surface area contributed by atoms with Crippen LogP contribution in [0.1, 0.15) is 26.7 Å². The van der Waals surface area contributed by atoms with E-state index < -0.39 is 0 Å². The van der Waals surface area contributed by atoms with Crippen molar-refractivity contribution in [2.75, 3.05) is 0 Å². The average molecular weight is 145 g/mol. The Morgan fingerprint density at radius 2 is 2.00 bits per heavy atom. The number of oxime groups is 1. The number of rotatable bonds is 4. The van der Waals surface area contributed by atoms with Gasteiger partial charge in [-0.3, -0.25) is 0 Å². The van der Waals surface area contributed by atoms with Gasteiger partial charge in [0, 0.05) is 0 Å². The summed E-state index contributed by atoms with van der Waals surface area (Å²) in [5.74, 6) is 0. The smallest absolute Gasteiger partial charge is 0.254 e. The van der Waals surface area contributed by atoms with Crippen molar-refractivity contribution in [3.63, 3.8) is 0 Å². The lowest BCUT2D eigenvalue weighted by Gasteiger charge is -1.97. The normalized spacial score (nSPS) is 10.1. The Kier molecular flexibility index (Phi) is 5.61. The molecule has 0 aromatic rings. The predicted octanol–water partition coefficient (Wildman–Crippen LogP) is 1.31. The largest absolute Gasteiger partial charge is 0.463 e. The van der Waals surface area contributed by atoms with E-state index in [0.717, 1.165) is 12.8 Å². The van der Waals surface area contributed by atoms with Crippen LogP contribution in [0.5, 0.6) is 0 Å². The van der Waals surface area contributed by atoms with E-state index in [9.17, 15) is 0 Å². The van der Waals surface area contributed by atoms with Crippen molar-refractivity contribution in [1.82, 2.24) is 0 Å². The Bertz CT molecular complexity index is 87.1. The molecule has 0 saturated heterocycles. The van der Waals surface area contributed by atoms with Gasteiger partial charge in [-0.25, -0.2) is 0 Å². The highest BCUT2D eigenvalue weighted by Crippen LogP contribution is 1.91. The first-order chi connectivity index (χ1) is 4.35. The molecule has 54 valence electrons. The van der Waals surface area contributed by atoms with Crippen molar-refractivity contribution in [3.8, 4) is 0 Å². The number of hydrogen-bond acceptors (Lipinski definition) is 2. The highest BCUT2D eigenvalue weighted by atomic mass is 28.2. The summed E-state index contributed by atoms with van der Waals surface area (Å²) in [5.41, 5.74) is 1.17. The van der Waals surface area contributed by atoms with Crippen molar-refractivity contribution in [3.05, 3.63) is 0 Å². The fourth-order valence-electron chi connectivity index (χ4n) is 0.535. The Balaban J connectivity index is 3.48. The van der Waals surface area contributed by atoms with Crippen molar-refractivity contribution in [2.24, 2.45) is 5.16 Å². The fraction of sp³-hybridized carbons (Fsp3) is 0.833. The molecule has 0 heterocycles. The minimum atomic E-state index is -0.335. The Hall–Kier alpha value is -0.313. The molecule has 0 amide bonds. The molecular weight excluding hydrogens is 130 g/mol. The van der Waals surface area contributed by atoms with Gasteiger partial charge < -0.3 is 4.53 Å². The molecule has 0 unspecified atom stereocenters. The summed E-state index contributed by atoms with van der Waals surface area (Å²) in [6.07, 6.45) is 2.04. The molecule has 9 heavy (non-hydrogen) atoms. The van der Waals surface area contributed by atoms with Crippen LogP contribution in [0.15, 0.2) is 5.16 Å². The molecule has 0 aromatic carbocycles. The van der Waals surface area contributed by atoms with E-state index in [1.807, 2.05) is 0 Å². The van der Waals surface area contributed by atoms with Crippen LogP contribution in [0.25, 0.3) is 0 Å². The van der Waals surface area contributed by atoms with Crippen molar-refractivity contribution < 1.29 is 4.53 Å². The summed E-state index contributed by atoms with van der Waals surface area (Å²) in [4.78, 5) is 0. The van der Waals surface area contributed by atoms with E-state index >= 15 is 0 Å². The van der Waals surface area contributed by atoms with Gasteiger partial charge in [0.05, 0.1) is 5.71 Å². The van der Waals surface area contributed by atoms with E-state index in [1.54, 1.807) is 0 Å². The van der Waals surface area contributed by atoms with Crippen LogP contribution >= 0.6 is 0 Å². The maximum absolute atomic E-state index is 5.00. The zero-order valence-electron chi connectivity index (χ0n) is 6.48. The Labute approximate surface area is 59.2 Å². The predicted molar refractivity (Wildman–Crippen MR) is 43.5 cm³/mol. The van der Waals surface area contributed by atoms with Crippen LogP contribution in [-0.4, -0.2) is 15.5 Å². The monoisotopic (exact) mass is 145 g/mol. The molecule has 0 aliphatic carbocycles. The van der Waals surface area contributed by atoms with E-state index in [4.69, 9.17) is 4.53 Å². The third-order valence-corrected chi connectivity index (χ3v) is 1.53. The highest BCUT2D eigenvalue weighted by molar-refractivity contribution is 6.24. The third kappa shape index (κ3) is 4.21. The molecule has 0 rings (SSSR count). The lowest BCUT2D eigenvalue weighted by Crippen LogP contribution is -1.95. The molecule has 0 radical (unpaired) electrons. The number of nitrogens with zero attached hydrogens (tertiary/aromatic N) is 1. The van der Waals surface area contributed by atoms with Crippen LogP contribution in [-0.2, 0) is 4.53 Å². The second-order valence-corrected chi connectivity index (χ2v) is 2.62. The molecule has 0 fully saturated rings. The number of hydrogen-bond donors (Lipinski definition) is 0. The second kappa shape index (κ2) is 5.82. The van der Waals surface area contributed by atoms with Gasteiger partial charge in [-0.1, -0.05) is 13.8 Å². The summed E-state index contributed by atoms with van der Waals surface area (Å²) < 4.78 is 5.00. The van der Waals surface area contributed by atoms with Crippen LogP contribution in [0.2, 0.25) is 6.55 Å². The molecule has 0 spiro atoms. The SMILES string of the molecule is CCC(CC)=NO[SiH2]C. The van der Waals surface area contributed by atoms with Crippen molar-refractivity contribution in [2.45, 2.75) is 33.2 Å². The van der Waals surface area contributed by atoms with Gasteiger partial charge >= 0.3 is 0 Å². The van der Waals surface area contributed by atoms with Gasteiger partial charge in [-0.15, -0.1) is 5.16 Å². The van der Waals surface area contributed by atoms with E-state index in [1.165, 1.54) is 5.71 Å². The Morgan fingerprint density at radius 3 is 2.33 bits per heavy atom. The zero-order chi connectivity index (χ0) is 7.11. The van der Waals surface area contributed by atoms with Crippen molar-refractivity contribution >= 4 is 15.5 Å². The first-order valence-electron chi connectivity index (χ1n) is 3.52. The topological polar surface area (TPSA) is 21.6 Å². The van der Waals surface area contributed by atoms with Gasteiger partial charge in [0.1, 0.15) is 0 Å². The molecule has 0 atom stereocenters. The first kappa shape index (κ1) is 8.69. The quantitative estimate of drug-likeness (QED) is 0.332. The minimum absolute atomic E-state index is 0.335. The summed E-state index contributed by atoms with van der Waals surface area (Å²) in [6.45, 7) is 6.28. The molecule has 0 aliphatic heterocycles. The van der Waals surface area contributed by atoms with E-state index in [-0.39, 0.29) is 9.76 Å².